The Morgan fingerprint density at radius 3 is 2.62 bits per heavy atom. The molecule has 1 aliphatic heterocycles. The molecule has 6 heteroatoms. The molecule has 1 amide bonds. The Kier molecular flexibility index (Phi) is 7.36. The average molecular weight is 399 g/mol. The molecule has 1 aliphatic rings. The Bertz CT molecular complexity index is 831. The second-order valence-electron chi connectivity index (χ2n) is 7.23. The van der Waals surface area contributed by atoms with Crippen molar-refractivity contribution in [3.63, 3.8) is 0 Å². The van der Waals surface area contributed by atoms with Crippen molar-refractivity contribution >= 4 is 11.9 Å². The van der Waals surface area contributed by atoms with Crippen LogP contribution in [0.4, 0.5) is 4.39 Å². The predicted octanol–water partition coefficient (Wildman–Crippen LogP) is 3.75. The molecule has 0 aliphatic carbocycles. The van der Waals surface area contributed by atoms with Crippen LogP contribution in [-0.4, -0.2) is 43.1 Å². The van der Waals surface area contributed by atoms with Gasteiger partial charge in [0.15, 0.2) is 0 Å². The summed E-state index contributed by atoms with van der Waals surface area (Å²) in [6.07, 6.45) is 2.86. The molecule has 1 fully saturated rings. The van der Waals surface area contributed by atoms with Gasteiger partial charge >= 0.3 is 5.97 Å². The maximum Gasteiger partial charge on any atom is 0.337 e. The summed E-state index contributed by atoms with van der Waals surface area (Å²) in [5, 5.41) is 0. The van der Waals surface area contributed by atoms with E-state index in [0.717, 1.165) is 30.6 Å². The molecule has 29 heavy (non-hydrogen) atoms. The number of ether oxygens (including phenoxy) is 2. The SMILES string of the molecule is COC(=O)c1ccc(CCC(=O)N(Cc2cccc(F)c2)CC2CCCO2)cc1. The van der Waals surface area contributed by atoms with Crippen LogP contribution in [0, 0.1) is 5.82 Å². The van der Waals surface area contributed by atoms with Crippen molar-refractivity contribution in [3.8, 4) is 0 Å². The highest BCUT2D eigenvalue weighted by Crippen LogP contribution is 2.17. The lowest BCUT2D eigenvalue weighted by atomic mass is 10.1. The molecule has 0 bridgehead atoms. The first-order chi connectivity index (χ1) is 14.0. The minimum Gasteiger partial charge on any atom is -0.465 e. The zero-order valence-electron chi connectivity index (χ0n) is 16.6. The second-order valence-corrected chi connectivity index (χ2v) is 7.23. The van der Waals surface area contributed by atoms with E-state index in [4.69, 9.17) is 9.47 Å². The van der Waals surface area contributed by atoms with Crippen LogP contribution in [0.25, 0.3) is 0 Å². The Hall–Kier alpha value is -2.73. The van der Waals surface area contributed by atoms with Crippen LogP contribution < -0.4 is 0 Å². The molecule has 0 N–H and O–H groups in total. The molecule has 1 saturated heterocycles. The lowest BCUT2D eigenvalue weighted by Gasteiger charge is -2.26. The van der Waals surface area contributed by atoms with E-state index in [-0.39, 0.29) is 23.8 Å². The number of aryl methyl sites for hydroxylation is 1. The van der Waals surface area contributed by atoms with Crippen LogP contribution >= 0.6 is 0 Å². The summed E-state index contributed by atoms with van der Waals surface area (Å²) in [7, 11) is 1.34. The maximum absolute atomic E-state index is 13.5. The molecule has 0 radical (unpaired) electrons. The van der Waals surface area contributed by atoms with Gasteiger partial charge in [0, 0.05) is 26.1 Å². The molecular weight excluding hydrogens is 373 g/mol. The molecule has 1 atom stereocenters. The molecule has 0 aromatic heterocycles. The number of hydrogen-bond donors (Lipinski definition) is 0. The molecule has 2 aromatic rings. The van der Waals surface area contributed by atoms with Gasteiger partial charge in [-0.05, 0) is 54.7 Å². The number of nitrogens with zero attached hydrogens (tertiary/aromatic N) is 1. The van der Waals surface area contributed by atoms with E-state index in [0.29, 0.717) is 31.5 Å². The van der Waals surface area contributed by atoms with Gasteiger partial charge in [-0.1, -0.05) is 24.3 Å². The largest absolute Gasteiger partial charge is 0.465 e. The fourth-order valence-electron chi connectivity index (χ4n) is 3.48. The summed E-state index contributed by atoms with van der Waals surface area (Å²) >= 11 is 0. The third-order valence-corrected chi connectivity index (χ3v) is 5.07. The fraction of sp³-hybridized carbons (Fsp3) is 0.391. The van der Waals surface area contributed by atoms with Crippen LogP contribution in [0.5, 0.6) is 0 Å². The van der Waals surface area contributed by atoms with E-state index >= 15 is 0 Å². The van der Waals surface area contributed by atoms with E-state index in [2.05, 4.69) is 0 Å². The van der Waals surface area contributed by atoms with Gasteiger partial charge < -0.3 is 14.4 Å². The predicted molar refractivity (Wildman–Crippen MR) is 107 cm³/mol. The van der Waals surface area contributed by atoms with Gasteiger partial charge in [-0.15, -0.1) is 0 Å². The number of amides is 1. The molecule has 0 spiro atoms. The van der Waals surface area contributed by atoms with Gasteiger partial charge in [0.1, 0.15) is 5.82 Å². The van der Waals surface area contributed by atoms with E-state index in [1.807, 2.05) is 18.2 Å². The van der Waals surface area contributed by atoms with Crippen LogP contribution in [0.3, 0.4) is 0 Å². The number of rotatable bonds is 8. The first-order valence-corrected chi connectivity index (χ1v) is 9.86. The first-order valence-electron chi connectivity index (χ1n) is 9.86. The summed E-state index contributed by atoms with van der Waals surface area (Å²) in [6.45, 7) is 1.59. The standard InChI is InChI=1S/C23H26FNO4/c1-28-23(27)19-10-7-17(8-11-19)9-12-22(26)25(16-21-6-3-13-29-21)15-18-4-2-5-20(24)14-18/h2,4-5,7-8,10-11,14,21H,3,6,9,12-13,15-16H2,1H3. The van der Waals surface area contributed by atoms with Crippen molar-refractivity contribution in [2.24, 2.45) is 0 Å². The molecule has 154 valence electrons. The van der Waals surface area contributed by atoms with Crippen LogP contribution in [-0.2, 0) is 27.2 Å². The van der Waals surface area contributed by atoms with Gasteiger partial charge in [-0.25, -0.2) is 9.18 Å². The van der Waals surface area contributed by atoms with Crippen molar-refractivity contribution < 1.29 is 23.5 Å². The Balaban J connectivity index is 1.62. The zero-order valence-corrected chi connectivity index (χ0v) is 16.6. The van der Waals surface area contributed by atoms with Gasteiger partial charge in [-0.3, -0.25) is 4.79 Å². The molecular formula is C23H26FNO4. The molecule has 1 heterocycles. The third-order valence-electron chi connectivity index (χ3n) is 5.07. The van der Waals surface area contributed by atoms with Gasteiger partial charge in [0.05, 0.1) is 18.8 Å². The number of esters is 1. The van der Waals surface area contributed by atoms with Gasteiger partial charge in [-0.2, -0.15) is 0 Å². The molecule has 5 nitrogen and oxygen atoms in total. The Morgan fingerprint density at radius 2 is 1.97 bits per heavy atom. The van der Waals surface area contributed by atoms with Crippen molar-refractivity contribution in [3.05, 3.63) is 71.0 Å². The Morgan fingerprint density at radius 1 is 1.17 bits per heavy atom. The van der Waals surface area contributed by atoms with Crippen molar-refractivity contribution in [1.29, 1.82) is 0 Å². The highest BCUT2D eigenvalue weighted by molar-refractivity contribution is 5.89. The molecule has 1 unspecified atom stereocenters. The smallest absolute Gasteiger partial charge is 0.337 e. The van der Waals surface area contributed by atoms with Crippen LogP contribution in [0.2, 0.25) is 0 Å². The lowest BCUT2D eigenvalue weighted by molar-refractivity contribution is -0.133. The van der Waals surface area contributed by atoms with Crippen LogP contribution in [0.15, 0.2) is 48.5 Å². The molecule has 0 saturated carbocycles. The lowest BCUT2D eigenvalue weighted by Crippen LogP contribution is -2.37. The van der Waals surface area contributed by atoms with Gasteiger partial charge in [0.25, 0.3) is 0 Å². The number of hydrogen-bond acceptors (Lipinski definition) is 4. The Labute approximate surface area is 170 Å². The number of benzene rings is 2. The second kappa shape index (κ2) is 10.2. The quantitative estimate of drug-likeness (QED) is 0.635. The maximum atomic E-state index is 13.5. The number of methoxy groups -OCH3 is 1. The topological polar surface area (TPSA) is 55.8 Å². The van der Waals surface area contributed by atoms with E-state index in [1.165, 1.54) is 19.2 Å². The molecule has 3 rings (SSSR count). The summed E-state index contributed by atoms with van der Waals surface area (Å²) in [6, 6.07) is 13.4. The summed E-state index contributed by atoms with van der Waals surface area (Å²) in [4.78, 5) is 26.2. The number of carbonyl (C=O) groups is 2. The van der Waals surface area contributed by atoms with E-state index in [1.54, 1.807) is 23.1 Å². The van der Waals surface area contributed by atoms with Crippen molar-refractivity contribution in [2.75, 3.05) is 20.3 Å². The van der Waals surface area contributed by atoms with E-state index in [9.17, 15) is 14.0 Å². The fourth-order valence-corrected chi connectivity index (χ4v) is 3.48. The highest BCUT2D eigenvalue weighted by Gasteiger charge is 2.23. The normalized spacial score (nSPS) is 15.9. The first kappa shape index (κ1) is 21.0. The van der Waals surface area contributed by atoms with Gasteiger partial charge in [0.2, 0.25) is 5.91 Å². The summed E-state index contributed by atoms with van der Waals surface area (Å²) < 4.78 is 23.9. The van der Waals surface area contributed by atoms with Crippen molar-refractivity contribution in [2.45, 2.75) is 38.3 Å². The van der Waals surface area contributed by atoms with E-state index < -0.39 is 0 Å². The highest BCUT2D eigenvalue weighted by atomic mass is 19.1. The number of halogens is 1. The number of carbonyl (C=O) groups excluding carboxylic acids is 2. The summed E-state index contributed by atoms with van der Waals surface area (Å²) in [5.74, 6) is -0.690. The minimum absolute atomic E-state index is 0.00167. The van der Waals surface area contributed by atoms with Crippen LogP contribution in [0.1, 0.15) is 40.7 Å². The molecule has 2 aromatic carbocycles. The van der Waals surface area contributed by atoms with Crippen molar-refractivity contribution in [1.82, 2.24) is 4.90 Å². The summed E-state index contributed by atoms with van der Waals surface area (Å²) in [5.41, 5.74) is 2.21. The monoisotopic (exact) mass is 399 g/mol. The average Bonchev–Trinajstić information content (AvgIpc) is 3.24. The third kappa shape index (κ3) is 6.12. The zero-order chi connectivity index (χ0) is 20.6. The minimum atomic E-state index is -0.384.